The number of hydrogen-bond acceptors (Lipinski definition) is 5. The SMILES string of the molecule is C/C(Cn1nc([N+](=O)[O-])cc1C)=N\NC(=O)Cc1c[nH]c2ccccc12. The van der Waals surface area contributed by atoms with Gasteiger partial charge in [0.15, 0.2) is 0 Å². The number of nitrogens with one attached hydrogen (secondary N) is 2. The molecule has 134 valence electrons. The Kier molecular flexibility index (Phi) is 4.78. The number of fused-ring (bicyclic) bond motifs is 1. The smallest absolute Gasteiger partial charge is 0.361 e. The molecule has 0 unspecified atom stereocenters. The Morgan fingerprint density at radius 1 is 1.42 bits per heavy atom. The molecule has 0 bridgehead atoms. The molecule has 1 aromatic carbocycles. The van der Waals surface area contributed by atoms with Crippen LogP contribution < -0.4 is 5.43 Å². The van der Waals surface area contributed by atoms with Crippen molar-refractivity contribution in [1.29, 1.82) is 0 Å². The number of amides is 1. The maximum Gasteiger partial charge on any atom is 0.390 e. The lowest BCUT2D eigenvalue weighted by atomic mass is 10.1. The van der Waals surface area contributed by atoms with Crippen molar-refractivity contribution >= 4 is 28.3 Å². The summed E-state index contributed by atoms with van der Waals surface area (Å²) in [4.78, 5) is 25.5. The van der Waals surface area contributed by atoms with Crippen LogP contribution in [-0.2, 0) is 17.8 Å². The van der Waals surface area contributed by atoms with E-state index in [1.807, 2.05) is 30.5 Å². The van der Waals surface area contributed by atoms with Crippen LogP contribution in [0, 0.1) is 17.0 Å². The first-order valence-electron chi connectivity index (χ1n) is 8.00. The number of aryl methyl sites for hydroxylation is 1. The van der Waals surface area contributed by atoms with Gasteiger partial charge in [0.1, 0.15) is 6.54 Å². The Labute approximate surface area is 148 Å². The third-order valence-corrected chi connectivity index (χ3v) is 3.93. The standard InChI is InChI=1S/C17H18N6O3/c1-11(10-22-12(2)7-16(21-22)23(25)26)19-20-17(24)8-13-9-18-15-6-4-3-5-14(13)15/h3-7,9,18H,8,10H2,1-2H3,(H,20,24)/b19-11+. The van der Waals surface area contributed by atoms with Crippen molar-refractivity contribution in [3.63, 3.8) is 0 Å². The van der Waals surface area contributed by atoms with Crippen molar-refractivity contribution in [2.75, 3.05) is 0 Å². The molecule has 0 saturated heterocycles. The Bertz CT molecular complexity index is 1000. The van der Waals surface area contributed by atoms with Gasteiger partial charge in [-0.15, -0.1) is 0 Å². The molecule has 1 amide bonds. The molecule has 0 saturated carbocycles. The van der Waals surface area contributed by atoms with E-state index >= 15 is 0 Å². The van der Waals surface area contributed by atoms with Gasteiger partial charge in [-0.25, -0.2) is 5.43 Å². The summed E-state index contributed by atoms with van der Waals surface area (Å²) in [5, 5.41) is 19.7. The number of carbonyl (C=O) groups excluding carboxylic acids is 1. The lowest BCUT2D eigenvalue weighted by Crippen LogP contribution is -2.22. The van der Waals surface area contributed by atoms with Gasteiger partial charge in [-0.2, -0.15) is 9.78 Å². The van der Waals surface area contributed by atoms with Crippen LogP contribution in [0.15, 0.2) is 41.6 Å². The monoisotopic (exact) mass is 354 g/mol. The minimum Gasteiger partial charge on any atom is -0.361 e. The van der Waals surface area contributed by atoms with Gasteiger partial charge >= 0.3 is 5.82 Å². The van der Waals surface area contributed by atoms with Gasteiger partial charge < -0.3 is 15.1 Å². The minimum absolute atomic E-state index is 0.201. The lowest BCUT2D eigenvalue weighted by molar-refractivity contribution is -0.389. The predicted octanol–water partition coefficient (Wildman–Crippen LogP) is 2.32. The van der Waals surface area contributed by atoms with Crippen LogP contribution in [0.25, 0.3) is 10.9 Å². The summed E-state index contributed by atoms with van der Waals surface area (Å²) >= 11 is 0. The van der Waals surface area contributed by atoms with Gasteiger partial charge in [0.05, 0.1) is 29.0 Å². The van der Waals surface area contributed by atoms with Gasteiger partial charge in [-0.1, -0.05) is 18.2 Å². The molecule has 0 atom stereocenters. The Hall–Kier alpha value is -3.49. The number of carbonyl (C=O) groups is 1. The third kappa shape index (κ3) is 3.77. The van der Waals surface area contributed by atoms with Crippen molar-refractivity contribution < 1.29 is 9.72 Å². The quantitative estimate of drug-likeness (QED) is 0.401. The van der Waals surface area contributed by atoms with Crippen LogP contribution in [0.1, 0.15) is 18.2 Å². The van der Waals surface area contributed by atoms with Crippen molar-refractivity contribution in [1.82, 2.24) is 20.2 Å². The molecular formula is C17H18N6O3. The molecule has 3 rings (SSSR count). The molecule has 2 N–H and O–H groups in total. The fraction of sp³-hybridized carbons (Fsp3) is 0.235. The van der Waals surface area contributed by atoms with E-state index in [0.717, 1.165) is 16.5 Å². The van der Waals surface area contributed by atoms with E-state index in [-0.39, 0.29) is 24.7 Å². The highest BCUT2D eigenvalue weighted by Crippen LogP contribution is 2.18. The van der Waals surface area contributed by atoms with Crippen molar-refractivity contribution in [2.24, 2.45) is 5.10 Å². The van der Waals surface area contributed by atoms with E-state index in [1.165, 1.54) is 10.7 Å². The number of rotatable bonds is 6. The molecule has 0 aliphatic rings. The highest BCUT2D eigenvalue weighted by atomic mass is 16.6. The lowest BCUT2D eigenvalue weighted by Gasteiger charge is -2.02. The molecule has 0 aliphatic heterocycles. The van der Waals surface area contributed by atoms with Gasteiger partial charge in [0.2, 0.25) is 5.91 Å². The minimum atomic E-state index is -0.543. The summed E-state index contributed by atoms with van der Waals surface area (Å²) in [6, 6.07) is 9.15. The highest BCUT2D eigenvalue weighted by Gasteiger charge is 2.15. The number of nitro groups is 1. The molecule has 0 spiro atoms. The van der Waals surface area contributed by atoms with E-state index in [2.05, 4.69) is 20.6 Å². The molecule has 0 radical (unpaired) electrons. The van der Waals surface area contributed by atoms with Gasteiger partial charge in [0.25, 0.3) is 0 Å². The Morgan fingerprint density at radius 2 is 2.19 bits per heavy atom. The number of para-hydroxylation sites is 1. The molecule has 0 aliphatic carbocycles. The fourth-order valence-electron chi connectivity index (χ4n) is 2.64. The molecule has 2 heterocycles. The van der Waals surface area contributed by atoms with Crippen LogP contribution in [0.3, 0.4) is 0 Å². The number of aromatic nitrogens is 3. The van der Waals surface area contributed by atoms with Crippen LogP contribution in [-0.4, -0.2) is 31.3 Å². The predicted molar refractivity (Wildman–Crippen MR) is 96.9 cm³/mol. The van der Waals surface area contributed by atoms with Crippen LogP contribution in [0.4, 0.5) is 5.82 Å². The summed E-state index contributed by atoms with van der Waals surface area (Å²) in [6.07, 6.45) is 2.01. The summed E-state index contributed by atoms with van der Waals surface area (Å²) in [5.74, 6) is -0.448. The molecular weight excluding hydrogens is 336 g/mol. The molecule has 2 aromatic heterocycles. The van der Waals surface area contributed by atoms with E-state index in [9.17, 15) is 14.9 Å². The molecule has 9 nitrogen and oxygen atoms in total. The second-order valence-electron chi connectivity index (χ2n) is 5.98. The zero-order chi connectivity index (χ0) is 18.7. The number of benzene rings is 1. The summed E-state index contributed by atoms with van der Waals surface area (Å²) in [7, 11) is 0. The second kappa shape index (κ2) is 7.18. The average Bonchev–Trinajstić information content (AvgIpc) is 3.18. The van der Waals surface area contributed by atoms with Gasteiger partial charge in [-0.05, 0) is 30.4 Å². The first-order valence-corrected chi connectivity index (χ1v) is 8.00. The summed E-state index contributed by atoms with van der Waals surface area (Å²) in [5.41, 5.74) is 5.62. The van der Waals surface area contributed by atoms with Gasteiger partial charge in [0, 0.05) is 17.1 Å². The third-order valence-electron chi connectivity index (χ3n) is 3.93. The van der Waals surface area contributed by atoms with E-state index < -0.39 is 4.92 Å². The number of hydrogen-bond donors (Lipinski definition) is 2. The fourth-order valence-corrected chi connectivity index (χ4v) is 2.64. The maximum absolute atomic E-state index is 12.1. The Balaban J connectivity index is 1.61. The number of nitrogens with zero attached hydrogens (tertiary/aromatic N) is 4. The van der Waals surface area contributed by atoms with E-state index in [4.69, 9.17) is 0 Å². The van der Waals surface area contributed by atoms with Crippen molar-refractivity contribution in [3.05, 3.63) is 57.9 Å². The van der Waals surface area contributed by atoms with Crippen LogP contribution in [0.2, 0.25) is 0 Å². The zero-order valence-electron chi connectivity index (χ0n) is 14.4. The van der Waals surface area contributed by atoms with Crippen molar-refractivity contribution in [3.8, 4) is 0 Å². The van der Waals surface area contributed by atoms with Crippen molar-refractivity contribution in [2.45, 2.75) is 26.8 Å². The topological polar surface area (TPSA) is 118 Å². The second-order valence-corrected chi connectivity index (χ2v) is 5.98. The Morgan fingerprint density at radius 3 is 2.92 bits per heavy atom. The molecule has 26 heavy (non-hydrogen) atoms. The summed E-state index contributed by atoms with van der Waals surface area (Å²) in [6.45, 7) is 3.70. The maximum atomic E-state index is 12.1. The zero-order valence-corrected chi connectivity index (χ0v) is 14.4. The van der Waals surface area contributed by atoms with Gasteiger partial charge in [-0.3, -0.25) is 4.79 Å². The average molecular weight is 354 g/mol. The van der Waals surface area contributed by atoms with E-state index in [0.29, 0.717) is 11.4 Å². The van der Waals surface area contributed by atoms with Crippen LogP contribution in [0.5, 0.6) is 0 Å². The van der Waals surface area contributed by atoms with Crippen LogP contribution >= 0.6 is 0 Å². The largest absolute Gasteiger partial charge is 0.390 e. The normalized spacial score (nSPS) is 11.7. The molecule has 9 heteroatoms. The number of aromatic amines is 1. The summed E-state index contributed by atoms with van der Waals surface area (Å²) < 4.78 is 1.47. The number of hydrazone groups is 1. The number of H-pyrrole nitrogens is 1. The molecule has 0 fully saturated rings. The highest BCUT2D eigenvalue weighted by molar-refractivity contribution is 5.89. The first-order chi connectivity index (χ1) is 12.4. The van der Waals surface area contributed by atoms with E-state index in [1.54, 1.807) is 13.8 Å². The first kappa shape index (κ1) is 17.3. The molecule has 3 aromatic rings.